The fourth-order valence-electron chi connectivity index (χ4n) is 10.7. The van der Waals surface area contributed by atoms with Crippen LogP contribution in [0.1, 0.15) is 90.4 Å². The van der Waals surface area contributed by atoms with Crippen molar-refractivity contribution in [3.8, 4) is 23.1 Å². The third-order valence-electron chi connectivity index (χ3n) is 15.0. The number of amides is 3. The van der Waals surface area contributed by atoms with Gasteiger partial charge < -0.3 is 28.8 Å². The molecule has 0 bridgehead atoms. The fraction of sp³-hybridized carbons (Fsp3) is 0.345. The van der Waals surface area contributed by atoms with E-state index in [1.165, 1.54) is 17.7 Å². The number of fused-ring (bicyclic) bond motifs is 2. The van der Waals surface area contributed by atoms with E-state index in [1.54, 1.807) is 51.7 Å². The molecular weight excluding hydrogens is 858 g/mol. The Morgan fingerprint density at radius 1 is 0.838 bits per heavy atom. The number of phenols is 1. The summed E-state index contributed by atoms with van der Waals surface area (Å²) in [5.41, 5.74) is 10.5. The van der Waals surface area contributed by atoms with E-state index in [2.05, 4.69) is 36.1 Å². The maximum absolute atomic E-state index is 15.7. The Morgan fingerprint density at radius 3 is 2.31 bits per heavy atom. The number of ether oxygens (including phenoxy) is 1. The van der Waals surface area contributed by atoms with E-state index in [1.807, 2.05) is 60.7 Å². The molecule has 0 spiro atoms. The number of carbonyl (C=O) groups excluding carboxylic acids is 3. The Morgan fingerprint density at radius 2 is 1.59 bits per heavy atom. The average Bonchev–Trinajstić information content (AvgIpc) is 4.04. The second-order valence-electron chi connectivity index (χ2n) is 19.0. The number of anilines is 2. The molecule has 12 nitrogen and oxygen atoms in total. The van der Waals surface area contributed by atoms with Crippen molar-refractivity contribution in [3.05, 3.63) is 158 Å². The van der Waals surface area contributed by atoms with Gasteiger partial charge >= 0.3 is 0 Å². The van der Waals surface area contributed by atoms with Crippen LogP contribution >= 0.6 is 0 Å². The van der Waals surface area contributed by atoms with Gasteiger partial charge in [0.25, 0.3) is 11.8 Å². The van der Waals surface area contributed by atoms with E-state index in [0.29, 0.717) is 94.3 Å². The summed E-state index contributed by atoms with van der Waals surface area (Å²) in [6, 6.07) is 30.0. The van der Waals surface area contributed by atoms with Gasteiger partial charge in [-0.3, -0.25) is 24.2 Å². The summed E-state index contributed by atoms with van der Waals surface area (Å²) in [5, 5.41) is 20.1. The standard InChI is InChI=1S/C55H56FN7O5/c1-33-22-36-8-6-7-9-40(36)32-62(33)54(66)48-24-41-31-61(53(65)26-39-11-10-38(25-49(39)56)46-29-52(46)60-18-20-68-21-19-60)17-16-37(41)23-47(48)51-28-45(34(2)59(51)5)55(67)63(42-12-14-44(64)15-13-42)50-27-43(30-57)58(4)35(50)3/h6-15,23-25,27-28,33,46,52,64H,16-22,26,29,31-32H2,1-5H3/t33-,46-,52+/m1/s1. The van der Waals surface area contributed by atoms with Crippen LogP contribution in [0.25, 0.3) is 11.3 Å². The van der Waals surface area contributed by atoms with Crippen molar-refractivity contribution in [2.75, 3.05) is 37.7 Å². The minimum Gasteiger partial charge on any atom is -0.508 e. The van der Waals surface area contributed by atoms with Gasteiger partial charge in [0, 0.05) is 98.7 Å². The molecule has 0 radical (unpaired) electrons. The van der Waals surface area contributed by atoms with Crippen LogP contribution in [-0.4, -0.2) is 91.6 Å². The van der Waals surface area contributed by atoms with Gasteiger partial charge in [0.1, 0.15) is 23.3 Å². The quantitative estimate of drug-likeness (QED) is 0.155. The number of aromatic hydroxyl groups is 1. The van der Waals surface area contributed by atoms with Crippen molar-refractivity contribution in [1.82, 2.24) is 23.8 Å². The molecule has 4 aliphatic rings. The van der Waals surface area contributed by atoms with E-state index in [4.69, 9.17) is 4.74 Å². The smallest absolute Gasteiger partial charge is 0.264 e. The number of benzene rings is 4. The molecule has 1 saturated heterocycles. The molecule has 3 aliphatic heterocycles. The number of morpholine rings is 1. The number of hydrogen-bond donors (Lipinski definition) is 1. The van der Waals surface area contributed by atoms with Crippen molar-refractivity contribution in [2.24, 2.45) is 14.1 Å². The van der Waals surface area contributed by atoms with E-state index in [0.717, 1.165) is 55.0 Å². The highest BCUT2D eigenvalue weighted by molar-refractivity contribution is 6.13. The van der Waals surface area contributed by atoms with Gasteiger partial charge in [-0.25, -0.2) is 4.39 Å². The zero-order chi connectivity index (χ0) is 47.5. The zero-order valence-electron chi connectivity index (χ0n) is 39.3. The third kappa shape index (κ3) is 8.15. The molecule has 1 N–H and O–H groups in total. The van der Waals surface area contributed by atoms with E-state index in [-0.39, 0.29) is 48.3 Å². The first kappa shape index (κ1) is 44.8. The van der Waals surface area contributed by atoms with Crippen molar-refractivity contribution in [2.45, 2.75) is 77.5 Å². The summed E-state index contributed by atoms with van der Waals surface area (Å²) in [4.78, 5) is 51.9. The average molecular weight is 914 g/mol. The van der Waals surface area contributed by atoms with E-state index >= 15 is 14.0 Å². The predicted molar refractivity (Wildman–Crippen MR) is 257 cm³/mol. The Balaban J connectivity index is 0.978. The van der Waals surface area contributed by atoms with Crippen LogP contribution in [0.15, 0.2) is 91.0 Å². The zero-order valence-corrected chi connectivity index (χ0v) is 39.3. The van der Waals surface area contributed by atoms with Gasteiger partial charge in [-0.15, -0.1) is 0 Å². The summed E-state index contributed by atoms with van der Waals surface area (Å²) in [6.45, 7) is 10.2. The van der Waals surface area contributed by atoms with Crippen LogP contribution in [-0.2, 0) is 56.0 Å². The Hall–Kier alpha value is -7.01. The van der Waals surface area contributed by atoms with Crippen molar-refractivity contribution < 1.29 is 28.6 Å². The van der Waals surface area contributed by atoms with Crippen molar-refractivity contribution >= 4 is 29.1 Å². The Labute approximate surface area is 396 Å². The normalized spacial score (nSPS) is 19.0. The lowest BCUT2D eigenvalue weighted by Gasteiger charge is -2.36. The SMILES string of the molecule is Cc1c(N(C(=O)c2cc(-c3cc4c(cc3C(=O)N3Cc5ccccc5C[C@H]3C)CN(C(=O)Cc3ccc([C@H]5C[C@@H]5N5CCOCC5)cc3F)CC4)n(C)c2C)c2ccc(O)cc2)cc(C#N)n1C. The van der Waals surface area contributed by atoms with Crippen LogP contribution < -0.4 is 4.90 Å². The highest BCUT2D eigenvalue weighted by Gasteiger charge is 2.43. The van der Waals surface area contributed by atoms with Gasteiger partial charge in [-0.2, -0.15) is 5.26 Å². The van der Waals surface area contributed by atoms with E-state index < -0.39 is 0 Å². The maximum atomic E-state index is 15.7. The number of carbonyl (C=O) groups is 3. The molecule has 0 unspecified atom stereocenters. The van der Waals surface area contributed by atoms with Gasteiger partial charge in [0.05, 0.1) is 30.9 Å². The van der Waals surface area contributed by atoms with Crippen LogP contribution in [0.3, 0.4) is 0 Å². The monoisotopic (exact) mass is 913 g/mol. The molecule has 1 aliphatic carbocycles. The summed E-state index contributed by atoms with van der Waals surface area (Å²) < 4.78 is 24.9. The molecule has 348 valence electrons. The first-order valence-electron chi connectivity index (χ1n) is 23.6. The number of aromatic nitrogens is 2. The first-order valence-corrected chi connectivity index (χ1v) is 23.6. The van der Waals surface area contributed by atoms with Crippen LogP contribution in [0.5, 0.6) is 5.75 Å². The van der Waals surface area contributed by atoms with Crippen molar-refractivity contribution in [1.29, 1.82) is 5.26 Å². The Bertz CT molecular complexity index is 3030. The van der Waals surface area contributed by atoms with Gasteiger partial charge in [-0.05, 0) is 128 Å². The first-order chi connectivity index (χ1) is 32.8. The van der Waals surface area contributed by atoms with Crippen LogP contribution in [0.2, 0.25) is 0 Å². The highest BCUT2D eigenvalue weighted by Crippen LogP contribution is 2.45. The minimum atomic E-state index is -0.358. The van der Waals surface area contributed by atoms with Crippen LogP contribution in [0.4, 0.5) is 15.8 Å². The maximum Gasteiger partial charge on any atom is 0.264 e. The lowest BCUT2D eigenvalue weighted by atomic mass is 9.89. The molecule has 3 atom stereocenters. The Kier molecular flexibility index (Phi) is 11.8. The second-order valence-corrected chi connectivity index (χ2v) is 19.0. The molecule has 10 rings (SSSR count). The number of nitriles is 1. The third-order valence-corrected chi connectivity index (χ3v) is 15.0. The van der Waals surface area contributed by atoms with Crippen LogP contribution in [0, 0.1) is 31.0 Å². The largest absolute Gasteiger partial charge is 0.508 e. The number of halogens is 1. The number of phenolic OH excluding ortho intramolecular Hbond substituents is 1. The lowest BCUT2D eigenvalue weighted by Crippen LogP contribution is -2.43. The number of nitrogens with zero attached hydrogens (tertiary/aromatic N) is 7. The topological polar surface area (TPSA) is 127 Å². The molecule has 2 fully saturated rings. The van der Waals surface area contributed by atoms with Gasteiger partial charge in [0.2, 0.25) is 5.91 Å². The van der Waals surface area contributed by atoms with Gasteiger partial charge in [-0.1, -0.05) is 36.4 Å². The molecule has 13 heteroatoms. The lowest BCUT2D eigenvalue weighted by molar-refractivity contribution is -0.131. The van der Waals surface area contributed by atoms with Gasteiger partial charge in [0.15, 0.2) is 0 Å². The highest BCUT2D eigenvalue weighted by atomic mass is 19.1. The number of rotatable bonds is 9. The van der Waals surface area contributed by atoms with Crippen molar-refractivity contribution in [3.63, 3.8) is 0 Å². The molecule has 2 aromatic heterocycles. The summed E-state index contributed by atoms with van der Waals surface area (Å²) >= 11 is 0. The summed E-state index contributed by atoms with van der Waals surface area (Å²) in [6.07, 6.45) is 2.18. The summed E-state index contributed by atoms with van der Waals surface area (Å²) in [5.74, 6) is -0.680. The molecule has 4 aromatic carbocycles. The molecule has 6 aromatic rings. The second kappa shape index (κ2) is 17.9. The fourth-order valence-corrected chi connectivity index (χ4v) is 10.7. The molecule has 1 saturated carbocycles. The molecular formula is C55H56FN7O5. The molecule has 3 amide bonds. The molecule has 68 heavy (non-hydrogen) atoms. The minimum absolute atomic E-state index is 0.0517. The summed E-state index contributed by atoms with van der Waals surface area (Å²) in [7, 11) is 3.67. The predicted octanol–water partition coefficient (Wildman–Crippen LogP) is 8.24. The van der Waals surface area contributed by atoms with E-state index in [9.17, 15) is 15.2 Å². The number of hydrogen-bond acceptors (Lipinski definition) is 7. The molecule has 5 heterocycles.